The molecule has 1 atom stereocenters. The van der Waals surface area contributed by atoms with E-state index in [0.29, 0.717) is 19.1 Å². The summed E-state index contributed by atoms with van der Waals surface area (Å²) in [5.41, 5.74) is 0. The van der Waals surface area contributed by atoms with Crippen molar-refractivity contribution in [3.63, 3.8) is 0 Å². The Morgan fingerprint density at radius 2 is 1.40 bits per heavy atom. The molecule has 0 heterocycles. The minimum Gasteiger partial charge on any atom is -0.465 e. The van der Waals surface area contributed by atoms with E-state index in [1.54, 1.807) is 0 Å². The second-order valence-corrected chi connectivity index (χ2v) is 7.50. The number of carbonyl (C=O) groups excluding carboxylic acids is 2. The van der Waals surface area contributed by atoms with Crippen molar-refractivity contribution in [1.29, 1.82) is 0 Å². The molecule has 1 aliphatic rings. The fourth-order valence-electron chi connectivity index (χ4n) is 3.61. The monoisotopic (exact) mass is 354 g/mol. The highest BCUT2D eigenvalue weighted by Crippen LogP contribution is 2.30. The van der Waals surface area contributed by atoms with Gasteiger partial charge in [0.25, 0.3) is 0 Å². The number of esters is 2. The molecule has 4 heteroatoms. The Balaban J connectivity index is 2.29. The molecule has 0 aliphatic heterocycles. The highest BCUT2D eigenvalue weighted by atomic mass is 16.5. The van der Waals surface area contributed by atoms with Crippen molar-refractivity contribution in [1.82, 2.24) is 0 Å². The Kier molecular flexibility index (Phi) is 11.6. The Morgan fingerprint density at radius 3 is 1.92 bits per heavy atom. The lowest BCUT2D eigenvalue weighted by molar-refractivity contribution is -0.156. The van der Waals surface area contributed by atoms with Crippen molar-refractivity contribution in [3.8, 4) is 0 Å². The number of unbranched alkanes of at least 4 members (excludes halogenated alkanes) is 2. The van der Waals surface area contributed by atoms with Gasteiger partial charge in [-0.25, -0.2) is 0 Å². The van der Waals surface area contributed by atoms with Gasteiger partial charge >= 0.3 is 11.9 Å². The predicted molar refractivity (Wildman–Crippen MR) is 100 cm³/mol. The molecule has 1 saturated carbocycles. The summed E-state index contributed by atoms with van der Waals surface area (Å²) in [6.07, 6.45) is 11.0. The zero-order valence-electron chi connectivity index (χ0n) is 16.6. The van der Waals surface area contributed by atoms with Gasteiger partial charge in [-0.3, -0.25) is 9.59 Å². The number of carbonyl (C=O) groups is 2. The minimum atomic E-state index is -0.0902. The van der Waals surface area contributed by atoms with E-state index in [2.05, 4.69) is 13.8 Å². The van der Waals surface area contributed by atoms with Crippen molar-refractivity contribution >= 4 is 11.9 Å². The average Bonchev–Trinajstić information content (AvgIpc) is 2.64. The molecular weight excluding hydrogens is 316 g/mol. The number of ether oxygens (including phenoxy) is 2. The summed E-state index contributed by atoms with van der Waals surface area (Å²) in [4.78, 5) is 24.3. The van der Waals surface area contributed by atoms with E-state index in [4.69, 9.17) is 9.47 Å². The van der Waals surface area contributed by atoms with Gasteiger partial charge in [0.1, 0.15) is 0 Å². The Hall–Kier alpha value is -1.06. The summed E-state index contributed by atoms with van der Waals surface area (Å²) in [6.45, 7) is 7.46. The zero-order valence-corrected chi connectivity index (χ0v) is 16.6. The van der Waals surface area contributed by atoms with Gasteiger partial charge in [-0.05, 0) is 50.9 Å². The largest absolute Gasteiger partial charge is 0.465 e. The van der Waals surface area contributed by atoms with Crippen LogP contribution in [-0.4, -0.2) is 25.2 Å². The predicted octanol–water partition coefficient (Wildman–Crippen LogP) is 5.29. The topological polar surface area (TPSA) is 52.6 Å². The summed E-state index contributed by atoms with van der Waals surface area (Å²) in [5, 5.41) is 0. The molecule has 0 saturated heterocycles. The van der Waals surface area contributed by atoms with E-state index in [1.165, 1.54) is 19.3 Å². The molecule has 0 bridgehead atoms. The van der Waals surface area contributed by atoms with Crippen LogP contribution in [0.2, 0.25) is 0 Å². The van der Waals surface area contributed by atoms with Crippen molar-refractivity contribution in [3.05, 3.63) is 0 Å². The fourth-order valence-corrected chi connectivity index (χ4v) is 3.61. The molecule has 0 spiro atoms. The van der Waals surface area contributed by atoms with E-state index < -0.39 is 0 Å². The maximum Gasteiger partial charge on any atom is 0.308 e. The van der Waals surface area contributed by atoms with Crippen LogP contribution in [0, 0.1) is 17.8 Å². The van der Waals surface area contributed by atoms with Crippen LogP contribution in [-0.2, 0) is 19.1 Å². The summed E-state index contributed by atoms with van der Waals surface area (Å²) >= 11 is 0. The lowest BCUT2D eigenvalue weighted by Gasteiger charge is -2.26. The average molecular weight is 355 g/mol. The molecule has 0 N–H and O–H groups in total. The normalized spacial score (nSPS) is 21.6. The van der Waals surface area contributed by atoms with Gasteiger partial charge in [-0.15, -0.1) is 0 Å². The van der Waals surface area contributed by atoms with Gasteiger partial charge in [0.05, 0.1) is 25.0 Å². The molecule has 1 fully saturated rings. The SMILES string of the molecule is CCCCCC(CCC)COC(=O)C1CCC(C(=O)OCCC)CC1. The highest BCUT2D eigenvalue weighted by molar-refractivity contribution is 5.75. The Labute approximate surface area is 154 Å². The fraction of sp³-hybridized carbons (Fsp3) is 0.905. The maximum absolute atomic E-state index is 12.3. The van der Waals surface area contributed by atoms with Gasteiger partial charge in [0.2, 0.25) is 0 Å². The molecule has 4 nitrogen and oxygen atoms in total. The standard InChI is InChI=1S/C21H38O4/c1-4-7-8-10-17(9-5-2)16-25-21(23)19-13-11-18(12-14-19)20(22)24-15-6-3/h17-19H,4-16H2,1-3H3. The highest BCUT2D eigenvalue weighted by Gasteiger charge is 2.31. The molecule has 0 aromatic rings. The van der Waals surface area contributed by atoms with Gasteiger partial charge in [-0.1, -0.05) is 46.5 Å². The number of rotatable bonds is 12. The first-order valence-electron chi connectivity index (χ1n) is 10.5. The summed E-state index contributed by atoms with van der Waals surface area (Å²) < 4.78 is 10.9. The number of hydrogen-bond donors (Lipinski definition) is 0. The lowest BCUT2D eigenvalue weighted by atomic mass is 9.82. The molecule has 0 radical (unpaired) electrons. The van der Waals surface area contributed by atoms with E-state index in [0.717, 1.165) is 51.4 Å². The van der Waals surface area contributed by atoms with Crippen LogP contribution in [0.1, 0.15) is 91.4 Å². The van der Waals surface area contributed by atoms with Crippen LogP contribution in [0.4, 0.5) is 0 Å². The van der Waals surface area contributed by atoms with Crippen molar-refractivity contribution in [2.45, 2.75) is 91.4 Å². The Bertz CT molecular complexity index is 372. The van der Waals surface area contributed by atoms with E-state index in [1.807, 2.05) is 6.92 Å². The summed E-state index contributed by atoms with van der Waals surface area (Å²) in [6, 6.07) is 0. The third-order valence-corrected chi connectivity index (χ3v) is 5.22. The number of hydrogen-bond acceptors (Lipinski definition) is 4. The smallest absolute Gasteiger partial charge is 0.308 e. The molecule has 25 heavy (non-hydrogen) atoms. The van der Waals surface area contributed by atoms with E-state index >= 15 is 0 Å². The second-order valence-electron chi connectivity index (χ2n) is 7.50. The molecule has 0 aromatic heterocycles. The second kappa shape index (κ2) is 13.2. The Morgan fingerprint density at radius 1 is 0.800 bits per heavy atom. The van der Waals surface area contributed by atoms with E-state index in [-0.39, 0.29) is 23.8 Å². The third-order valence-electron chi connectivity index (χ3n) is 5.22. The molecule has 1 rings (SSSR count). The lowest BCUT2D eigenvalue weighted by Crippen LogP contribution is -2.29. The first-order valence-corrected chi connectivity index (χ1v) is 10.5. The van der Waals surface area contributed by atoms with Crippen molar-refractivity contribution < 1.29 is 19.1 Å². The van der Waals surface area contributed by atoms with Crippen molar-refractivity contribution in [2.24, 2.45) is 17.8 Å². The molecular formula is C21H38O4. The van der Waals surface area contributed by atoms with Crippen LogP contribution >= 0.6 is 0 Å². The summed E-state index contributed by atoms with van der Waals surface area (Å²) in [7, 11) is 0. The maximum atomic E-state index is 12.3. The molecule has 0 amide bonds. The van der Waals surface area contributed by atoms with Crippen LogP contribution < -0.4 is 0 Å². The minimum absolute atomic E-state index is 0.0301. The summed E-state index contributed by atoms with van der Waals surface area (Å²) in [5.74, 6) is 0.288. The van der Waals surface area contributed by atoms with Crippen LogP contribution in [0.15, 0.2) is 0 Å². The molecule has 1 unspecified atom stereocenters. The first-order chi connectivity index (χ1) is 12.1. The zero-order chi connectivity index (χ0) is 18.5. The van der Waals surface area contributed by atoms with Gasteiger partial charge in [-0.2, -0.15) is 0 Å². The van der Waals surface area contributed by atoms with Crippen molar-refractivity contribution in [2.75, 3.05) is 13.2 Å². The molecule has 1 aliphatic carbocycles. The first kappa shape index (κ1) is 22.0. The van der Waals surface area contributed by atoms with E-state index in [9.17, 15) is 9.59 Å². The van der Waals surface area contributed by atoms with Crippen LogP contribution in [0.25, 0.3) is 0 Å². The quantitative estimate of drug-likeness (QED) is 0.353. The van der Waals surface area contributed by atoms with Gasteiger partial charge < -0.3 is 9.47 Å². The molecule has 146 valence electrons. The third kappa shape index (κ3) is 8.73. The van der Waals surface area contributed by atoms with Gasteiger partial charge in [0, 0.05) is 0 Å². The van der Waals surface area contributed by atoms with Crippen LogP contribution in [0.3, 0.4) is 0 Å². The van der Waals surface area contributed by atoms with Gasteiger partial charge in [0.15, 0.2) is 0 Å². The molecule has 0 aromatic carbocycles. The van der Waals surface area contributed by atoms with Crippen LogP contribution in [0.5, 0.6) is 0 Å².